The van der Waals surface area contributed by atoms with Crippen molar-refractivity contribution in [2.45, 2.75) is 47.6 Å². The summed E-state index contributed by atoms with van der Waals surface area (Å²) in [6, 6.07) is 6.64. The van der Waals surface area contributed by atoms with Crippen molar-refractivity contribution in [3.63, 3.8) is 0 Å². The van der Waals surface area contributed by atoms with E-state index in [2.05, 4.69) is 63.1 Å². The number of aryl methyl sites for hydroxylation is 2. The van der Waals surface area contributed by atoms with Gasteiger partial charge in [0.25, 0.3) is 0 Å². The molecule has 2 aromatic rings. The van der Waals surface area contributed by atoms with Gasteiger partial charge >= 0.3 is 0 Å². The lowest BCUT2D eigenvalue weighted by atomic mass is 9.92. The van der Waals surface area contributed by atoms with E-state index >= 15 is 0 Å². The summed E-state index contributed by atoms with van der Waals surface area (Å²) in [6.45, 7) is 12.8. The van der Waals surface area contributed by atoms with Crippen LogP contribution in [0.3, 0.4) is 0 Å². The number of nitrogens with one attached hydrogen (secondary N) is 1. The van der Waals surface area contributed by atoms with Crippen molar-refractivity contribution in [2.75, 3.05) is 5.32 Å². The van der Waals surface area contributed by atoms with Gasteiger partial charge in [0.05, 0.1) is 5.69 Å². The first-order valence-corrected chi connectivity index (χ1v) is 7.08. The third-order valence-electron chi connectivity index (χ3n) is 3.72. The van der Waals surface area contributed by atoms with Crippen molar-refractivity contribution in [1.29, 1.82) is 0 Å². The normalized spacial score (nSPS) is 10.9. The molecule has 0 fully saturated rings. The predicted molar refractivity (Wildman–Crippen MR) is 85.2 cm³/mol. The first kappa shape index (κ1) is 14.5. The molecule has 20 heavy (non-hydrogen) atoms. The second-order valence-electron chi connectivity index (χ2n) is 5.74. The summed E-state index contributed by atoms with van der Waals surface area (Å²) in [6.07, 6.45) is 0. The minimum Gasteiger partial charge on any atom is -0.366 e. The highest BCUT2D eigenvalue weighted by Crippen LogP contribution is 2.30. The van der Waals surface area contributed by atoms with Gasteiger partial charge in [0, 0.05) is 11.6 Å². The number of benzene rings is 1. The Hall–Kier alpha value is -1.90. The fraction of sp³-hybridized carbons (Fsp3) is 0.412. The first-order valence-electron chi connectivity index (χ1n) is 7.08. The largest absolute Gasteiger partial charge is 0.366 e. The van der Waals surface area contributed by atoms with Gasteiger partial charge < -0.3 is 5.32 Å². The van der Waals surface area contributed by atoms with E-state index in [1.54, 1.807) is 0 Å². The van der Waals surface area contributed by atoms with Crippen LogP contribution in [0, 0.1) is 27.7 Å². The maximum Gasteiger partial charge on any atom is 0.148 e. The Balaban J connectivity index is 2.47. The first-order chi connectivity index (χ1) is 9.40. The fourth-order valence-electron chi connectivity index (χ4n) is 2.44. The molecule has 0 bridgehead atoms. The molecule has 3 heteroatoms. The van der Waals surface area contributed by atoms with Crippen molar-refractivity contribution in [1.82, 2.24) is 10.2 Å². The molecule has 0 radical (unpaired) electrons. The second kappa shape index (κ2) is 5.61. The molecule has 0 aliphatic heterocycles. The lowest BCUT2D eigenvalue weighted by Gasteiger charge is -2.15. The van der Waals surface area contributed by atoms with Gasteiger partial charge in [0.15, 0.2) is 0 Å². The van der Waals surface area contributed by atoms with Gasteiger partial charge in [-0.15, -0.1) is 10.2 Å². The topological polar surface area (TPSA) is 37.8 Å². The summed E-state index contributed by atoms with van der Waals surface area (Å²) in [5, 5.41) is 11.9. The zero-order valence-corrected chi connectivity index (χ0v) is 13.2. The molecule has 2 rings (SSSR count). The van der Waals surface area contributed by atoms with E-state index in [4.69, 9.17) is 0 Å². The molecular weight excluding hydrogens is 246 g/mol. The van der Waals surface area contributed by atoms with Crippen molar-refractivity contribution in [2.24, 2.45) is 0 Å². The van der Waals surface area contributed by atoms with Crippen LogP contribution in [0.5, 0.6) is 0 Å². The van der Waals surface area contributed by atoms with Crippen LogP contribution in [0.15, 0.2) is 18.2 Å². The molecule has 1 aromatic carbocycles. The average Bonchev–Trinajstić information content (AvgIpc) is 2.38. The summed E-state index contributed by atoms with van der Waals surface area (Å²) in [5.74, 6) is 0.823. The van der Waals surface area contributed by atoms with Gasteiger partial charge in [-0.3, -0.25) is 0 Å². The lowest BCUT2D eigenvalue weighted by Crippen LogP contribution is -2.11. The molecule has 0 spiro atoms. The van der Waals surface area contributed by atoms with Crippen LogP contribution in [-0.2, 0) is 0 Å². The molecule has 1 aromatic heterocycles. The highest BCUT2D eigenvalue weighted by molar-refractivity contribution is 5.70. The number of aromatic nitrogens is 2. The Morgan fingerprint density at radius 2 is 1.50 bits per heavy atom. The summed E-state index contributed by atoms with van der Waals surface area (Å²) in [7, 11) is 0. The summed E-state index contributed by atoms with van der Waals surface area (Å²) >= 11 is 0. The highest BCUT2D eigenvalue weighted by atomic mass is 15.2. The van der Waals surface area contributed by atoms with Crippen LogP contribution in [-0.4, -0.2) is 16.2 Å². The summed E-state index contributed by atoms with van der Waals surface area (Å²) < 4.78 is 0. The molecule has 0 saturated heterocycles. The van der Waals surface area contributed by atoms with Crippen LogP contribution in [0.4, 0.5) is 5.82 Å². The molecule has 106 valence electrons. The maximum atomic E-state index is 4.39. The van der Waals surface area contributed by atoms with E-state index in [9.17, 15) is 0 Å². The molecular formula is C17H23N3. The predicted octanol–water partition coefficient (Wildman–Crippen LogP) is 4.20. The Kier molecular flexibility index (Phi) is 4.07. The van der Waals surface area contributed by atoms with Gasteiger partial charge in [-0.25, -0.2) is 0 Å². The van der Waals surface area contributed by atoms with Crippen LogP contribution < -0.4 is 5.32 Å². The van der Waals surface area contributed by atoms with E-state index in [-0.39, 0.29) is 0 Å². The fourth-order valence-corrected chi connectivity index (χ4v) is 2.44. The number of nitrogens with zero attached hydrogens (tertiary/aromatic N) is 2. The smallest absolute Gasteiger partial charge is 0.148 e. The average molecular weight is 269 g/mol. The van der Waals surface area contributed by atoms with E-state index < -0.39 is 0 Å². The van der Waals surface area contributed by atoms with Gasteiger partial charge in [-0.05, 0) is 75.9 Å². The maximum absolute atomic E-state index is 4.39. The van der Waals surface area contributed by atoms with Gasteiger partial charge in [0.2, 0.25) is 0 Å². The van der Waals surface area contributed by atoms with Crippen molar-refractivity contribution in [3.05, 3.63) is 40.5 Å². The van der Waals surface area contributed by atoms with Crippen LogP contribution >= 0.6 is 0 Å². The molecule has 0 atom stereocenters. The van der Waals surface area contributed by atoms with Crippen LogP contribution in [0.25, 0.3) is 11.3 Å². The lowest BCUT2D eigenvalue weighted by molar-refractivity contribution is 0.874. The van der Waals surface area contributed by atoms with Crippen molar-refractivity contribution < 1.29 is 0 Å². The second-order valence-corrected chi connectivity index (χ2v) is 5.74. The number of hydrogen-bond donors (Lipinski definition) is 1. The van der Waals surface area contributed by atoms with Crippen LogP contribution in [0.1, 0.15) is 36.1 Å². The van der Waals surface area contributed by atoms with E-state index in [1.165, 1.54) is 27.8 Å². The van der Waals surface area contributed by atoms with Crippen LogP contribution in [0.2, 0.25) is 0 Å². The zero-order valence-electron chi connectivity index (χ0n) is 13.2. The molecule has 0 amide bonds. The van der Waals surface area contributed by atoms with Crippen molar-refractivity contribution in [3.8, 4) is 11.3 Å². The Labute approximate surface area is 121 Å². The number of hydrogen-bond acceptors (Lipinski definition) is 3. The minimum absolute atomic E-state index is 0.361. The molecule has 0 saturated carbocycles. The molecule has 0 unspecified atom stereocenters. The molecule has 1 heterocycles. The zero-order chi connectivity index (χ0) is 14.9. The molecule has 3 nitrogen and oxygen atoms in total. The highest BCUT2D eigenvalue weighted by Gasteiger charge is 2.12. The van der Waals surface area contributed by atoms with Crippen molar-refractivity contribution >= 4 is 5.82 Å². The molecule has 1 N–H and O–H groups in total. The number of anilines is 1. The quantitative estimate of drug-likeness (QED) is 0.907. The van der Waals surface area contributed by atoms with Gasteiger partial charge in [-0.1, -0.05) is 6.07 Å². The Morgan fingerprint density at radius 1 is 0.900 bits per heavy atom. The van der Waals surface area contributed by atoms with E-state index in [0.29, 0.717) is 6.04 Å². The third kappa shape index (κ3) is 2.82. The Morgan fingerprint density at radius 3 is 1.95 bits per heavy atom. The monoisotopic (exact) mass is 269 g/mol. The molecule has 0 aliphatic carbocycles. The Bertz CT molecular complexity index is 587. The third-order valence-corrected chi connectivity index (χ3v) is 3.72. The van der Waals surface area contributed by atoms with E-state index in [0.717, 1.165) is 11.5 Å². The number of rotatable bonds is 3. The summed E-state index contributed by atoms with van der Waals surface area (Å²) in [4.78, 5) is 0. The minimum atomic E-state index is 0.361. The summed E-state index contributed by atoms with van der Waals surface area (Å²) in [5.41, 5.74) is 7.33. The van der Waals surface area contributed by atoms with E-state index in [1.807, 2.05) is 12.1 Å². The van der Waals surface area contributed by atoms with Gasteiger partial charge in [0.1, 0.15) is 5.82 Å². The standard InChI is InChI=1S/C17H23N3/c1-10(2)18-16-8-7-15(19-20-16)17-13(5)11(3)9-12(4)14(17)6/h7-10H,1-6H3,(H,18,20). The SMILES string of the molecule is Cc1cc(C)c(C)c(-c2ccc(NC(C)C)nn2)c1C. The van der Waals surface area contributed by atoms with Gasteiger partial charge in [-0.2, -0.15) is 0 Å². The molecule has 0 aliphatic rings.